The van der Waals surface area contributed by atoms with Gasteiger partial charge in [0.2, 0.25) is 0 Å². The molecule has 0 atom stereocenters. The fraction of sp³-hybridized carbons (Fsp3) is 0.364. The van der Waals surface area contributed by atoms with E-state index in [1.165, 1.54) is 11.0 Å². The summed E-state index contributed by atoms with van der Waals surface area (Å²) in [6.07, 6.45) is 0. The summed E-state index contributed by atoms with van der Waals surface area (Å²) in [7, 11) is -3.50. The minimum Gasteiger partial charge on any atom is -0.398 e. The number of nitrogens with zero attached hydrogens (tertiary/aromatic N) is 1. The first-order chi connectivity index (χ1) is 8.90. The number of hydrogen-bond acceptors (Lipinski definition) is 4. The highest BCUT2D eigenvalue weighted by molar-refractivity contribution is 9.10. The number of carbonyl (C=O) groups excluding carboxylic acids is 1. The summed E-state index contributed by atoms with van der Waals surface area (Å²) < 4.78 is 25.1. The van der Waals surface area contributed by atoms with Crippen LogP contribution in [0.5, 0.6) is 0 Å². The molecule has 0 radical (unpaired) electrons. The molecule has 1 aromatic carbocycles. The van der Waals surface area contributed by atoms with E-state index in [1.54, 1.807) is 12.1 Å². The Labute approximate surface area is 120 Å². The Kier molecular flexibility index (Phi) is 4.00. The molecule has 1 saturated heterocycles. The molecule has 8 heteroatoms. The molecule has 2 amide bonds. The quantitative estimate of drug-likeness (QED) is 0.789. The maximum absolute atomic E-state index is 12.2. The molecule has 0 unspecified atom stereocenters. The molecule has 3 N–H and O–H groups in total. The van der Waals surface area contributed by atoms with Crippen LogP contribution in [0.15, 0.2) is 27.6 Å². The second-order valence-corrected chi connectivity index (χ2v) is 7.21. The topological polar surface area (TPSA) is 92.5 Å². The second kappa shape index (κ2) is 5.38. The first-order valence-electron chi connectivity index (χ1n) is 5.71. The van der Waals surface area contributed by atoms with Gasteiger partial charge in [-0.2, -0.15) is 0 Å². The first-order valence-corrected chi connectivity index (χ1v) is 8.15. The zero-order valence-corrected chi connectivity index (χ0v) is 12.5. The van der Waals surface area contributed by atoms with Crippen LogP contribution in [0.4, 0.5) is 10.5 Å². The molecule has 0 spiro atoms. The molecule has 6 nitrogen and oxygen atoms in total. The van der Waals surface area contributed by atoms with Crippen LogP contribution < -0.4 is 11.1 Å². The van der Waals surface area contributed by atoms with E-state index in [0.29, 0.717) is 17.6 Å². The van der Waals surface area contributed by atoms with Crippen LogP contribution in [0.3, 0.4) is 0 Å². The third-order valence-electron chi connectivity index (χ3n) is 2.89. The summed E-state index contributed by atoms with van der Waals surface area (Å²) in [5.41, 5.74) is 5.91. The Morgan fingerprint density at radius 3 is 2.79 bits per heavy atom. The molecule has 0 saturated carbocycles. The number of urea groups is 1. The van der Waals surface area contributed by atoms with Crippen molar-refractivity contribution >= 4 is 37.5 Å². The van der Waals surface area contributed by atoms with Gasteiger partial charge in [-0.15, -0.1) is 0 Å². The lowest BCUT2D eigenvalue weighted by molar-refractivity contribution is 0.220. The Bertz CT molecular complexity index is 603. The zero-order chi connectivity index (χ0) is 14.0. The number of carbonyl (C=O) groups is 1. The number of nitrogens with one attached hydrogen (secondary N) is 1. The maximum Gasteiger partial charge on any atom is 0.317 e. The molecule has 0 aromatic heterocycles. The van der Waals surface area contributed by atoms with E-state index in [0.717, 1.165) is 0 Å². The van der Waals surface area contributed by atoms with Crippen LogP contribution in [0, 0.1) is 0 Å². The molecule has 0 aliphatic carbocycles. The van der Waals surface area contributed by atoms with Crippen molar-refractivity contribution in [2.24, 2.45) is 0 Å². The first kappa shape index (κ1) is 14.1. The Balaban J connectivity index is 2.14. The van der Waals surface area contributed by atoms with Crippen molar-refractivity contribution in [2.45, 2.75) is 4.90 Å². The lowest BCUT2D eigenvalue weighted by Gasteiger charge is -2.14. The fourth-order valence-electron chi connectivity index (χ4n) is 1.84. The third-order valence-corrected chi connectivity index (χ3v) is 5.12. The number of halogens is 1. The summed E-state index contributed by atoms with van der Waals surface area (Å²) in [5.74, 6) is -0.138. The normalized spacial score (nSPS) is 15.6. The van der Waals surface area contributed by atoms with Crippen molar-refractivity contribution in [3.05, 3.63) is 22.7 Å². The number of benzene rings is 1. The number of nitrogen functional groups attached to an aromatic ring is 1. The van der Waals surface area contributed by atoms with Crippen molar-refractivity contribution in [3.63, 3.8) is 0 Å². The molecule has 2 rings (SSSR count). The van der Waals surface area contributed by atoms with Crippen LogP contribution in [0.1, 0.15) is 0 Å². The van der Waals surface area contributed by atoms with E-state index in [-0.39, 0.29) is 28.9 Å². The summed E-state index contributed by atoms with van der Waals surface area (Å²) in [6, 6.07) is 4.48. The highest BCUT2D eigenvalue weighted by Crippen LogP contribution is 2.24. The smallest absolute Gasteiger partial charge is 0.317 e. The molecule has 1 aliphatic rings. The van der Waals surface area contributed by atoms with Gasteiger partial charge >= 0.3 is 6.03 Å². The van der Waals surface area contributed by atoms with Crippen molar-refractivity contribution in [3.8, 4) is 0 Å². The molecule has 104 valence electrons. The van der Waals surface area contributed by atoms with Gasteiger partial charge in [-0.05, 0) is 18.2 Å². The van der Waals surface area contributed by atoms with Crippen molar-refractivity contribution in [1.82, 2.24) is 10.2 Å². The molecule has 0 bridgehead atoms. The highest BCUT2D eigenvalue weighted by atomic mass is 79.9. The van der Waals surface area contributed by atoms with E-state index in [1.807, 2.05) is 0 Å². The fourth-order valence-corrected chi connectivity index (χ4v) is 3.77. The van der Waals surface area contributed by atoms with Gasteiger partial charge in [0.05, 0.1) is 16.3 Å². The molecule has 19 heavy (non-hydrogen) atoms. The number of sulfone groups is 1. The minimum atomic E-state index is -3.50. The van der Waals surface area contributed by atoms with Crippen LogP contribution in [0.2, 0.25) is 0 Å². The Morgan fingerprint density at radius 2 is 2.16 bits per heavy atom. The SMILES string of the molecule is Nc1ccc(Br)cc1S(=O)(=O)CCN1CCNC1=O. The van der Waals surface area contributed by atoms with Crippen molar-refractivity contribution in [1.29, 1.82) is 0 Å². The van der Waals surface area contributed by atoms with E-state index in [9.17, 15) is 13.2 Å². The number of hydrogen-bond donors (Lipinski definition) is 2. The van der Waals surface area contributed by atoms with Gasteiger partial charge in [-0.3, -0.25) is 0 Å². The summed E-state index contributed by atoms with van der Waals surface area (Å²) >= 11 is 3.22. The van der Waals surface area contributed by atoms with Gasteiger partial charge in [0.1, 0.15) is 0 Å². The molecule has 1 heterocycles. The minimum absolute atomic E-state index is 0.0986. The van der Waals surface area contributed by atoms with Gasteiger partial charge in [-0.25, -0.2) is 13.2 Å². The van der Waals surface area contributed by atoms with Gasteiger partial charge < -0.3 is 16.0 Å². The van der Waals surface area contributed by atoms with Gasteiger partial charge in [0.15, 0.2) is 9.84 Å². The predicted molar refractivity (Wildman–Crippen MR) is 75.6 cm³/mol. The van der Waals surface area contributed by atoms with Crippen molar-refractivity contribution < 1.29 is 13.2 Å². The van der Waals surface area contributed by atoms with E-state index in [4.69, 9.17) is 5.73 Å². The monoisotopic (exact) mass is 347 g/mol. The predicted octanol–water partition coefficient (Wildman–Crippen LogP) is 0.830. The van der Waals surface area contributed by atoms with Crippen LogP contribution in [-0.4, -0.2) is 44.7 Å². The van der Waals surface area contributed by atoms with E-state index < -0.39 is 9.84 Å². The molecular formula is C11H14BrN3O3S. The second-order valence-electron chi connectivity index (χ2n) is 4.22. The average Bonchev–Trinajstić information content (AvgIpc) is 2.75. The Morgan fingerprint density at radius 1 is 1.42 bits per heavy atom. The van der Waals surface area contributed by atoms with Crippen LogP contribution >= 0.6 is 15.9 Å². The maximum atomic E-state index is 12.2. The van der Waals surface area contributed by atoms with Crippen molar-refractivity contribution in [2.75, 3.05) is 31.1 Å². The Hall–Kier alpha value is -1.28. The number of anilines is 1. The molecule has 1 aromatic rings. The molecular weight excluding hydrogens is 334 g/mol. The molecule has 1 aliphatic heterocycles. The van der Waals surface area contributed by atoms with Gasteiger partial charge in [-0.1, -0.05) is 15.9 Å². The summed E-state index contributed by atoms with van der Waals surface area (Å²) in [4.78, 5) is 12.9. The van der Waals surface area contributed by atoms with Gasteiger partial charge in [0, 0.05) is 24.1 Å². The van der Waals surface area contributed by atoms with Crippen LogP contribution in [0.25, 0.3) is 0 Å². The largest absolute Gasteiger partial charge is 0.398 e. The summed E-state index contributed by atoms with van der Waals surface area (Å²) in [6.45, 7) is 1.25. The van der Waals surface area contributed by atoms with E-state index >= 15 is 0 Å². The van der Waals surface area contributed by atoms with Crippen LogP contribution in [-0.2, 0) is 9.84 Å². The number of amides is 2. The summed E-state index contributed by atoms with van der Waals surface area (Å²) in [5, 5.41) is 2.63. The highest BCUT2D eigenvalue weighted by Gasteiger charge is 2.24. The zero-order valence-electron chi connectivity index (χ0n) is 10.1. The van der Waals surface area contributed by atoms with Gasteiger partial charge in [0.25, 0.3) is 0 Å². The van der Waals surface area contributed by atoms with E-state index in [2.05, 4.69) is 21.2 Å². The number of rotatable bonds is 4. The third kappa shape index (κ3) is 3.19. The number of nitrogens with two attached hydrogens (primary N) is 1. The average molecular weight is 348 g/mol. The standard InChI is InChI=1S/C11H14BrN3O3S/c12-8-1-2-9(13)10(7-8)19(17,18)6-5-15-4-3-14-11(15)16/h1-2,7H,3-6,13H2,(H,14,16). The lowest BCUT2D eigenvalue weighted by Crippen LogP contribution is -2.32. The molecule has 1 fully saturated rings. The lowest BCUT2D eigenvalue weighted by atomic mass is 10.3.